The second-order valence-electron chi connectivity index (χ2n) is 6.32. The lowest BCUT2D eigenvalue weighted by Crippen LogP contribution is -2.43. The Hall–Kier alpha value is -2.12. The summed E-state index contributed by atoms with van der Waals surface area (Å²) >= 11 is 0. The Morgan fingerprint density at radius 2 is 1.56 bits per heavy atom. The molecule has 0 unspecified atom stereocenters. The van der Waals surface area contributed by atoms with E-state index in [2.05, 4.69) is 33.0 Å². The SMILES string of the molecule is CC(=O)O.O=C(Nc1ccc(N2CCNCC2)cc1)C1CCNCC1. The number of carbonyl (C=O) groups excluding carboxylic acids is 1. The van der Waals surface area contributed by atoms with Gasteiger partial charge in [-0.3, -0.25) is 9.59 Å². The number of hydrogen-bond donors (Lipinski definition) is 4. The van der Waals surface area contributed by atoms with Crippen LogP contribution in [-0.2, 0) is 9.59 Å². The van der Waals surface area contributed by atoms with Crippen molar-refractivity contribution in [2.75, 3.05) is 49.5 Å². The predicted molar refractivity (Wildman–Crippen MR) is 99.1 cm³/mol. The number of carbonyl (C=O) groups is 2. The summed E-state index contributed by atoms with van der Waals surface area (Å²) in [7, 11) is 0. The highest BCUT2D eigenvalue weighted by molar-refractivity contribution is 5.92. The maximum atomic E-state index is 12.2. The van der Waals surface area contributed by atoms with Gasteiger partial charge in [0.15, 0.2) is 0 Å². The second kappa shape index (κ2) is 10.0. The lowest BCUT2D eigenvalue weighted by Gasteiger charge is -2.29. The number of carboxylic acid groups (broad SMARTS) is 1. The van der Waals surface area contributed by atoms with Gasteiger partial charge in [0.25, 0.3) is 5.97 Å². The third-order valence-corrected chi connectivity index (χ3v) is 4.33. The number of piperazine rings is 1. The Kier molecular flexibility index (Phi) is 7.69. The van der Waals surface area contributed by atoms with Gasteiger partial charge in [-0.25, -0.2) is 0 Å². The third kappa shape index (κ3) is 6.72. The van der Waals surface area contributed by atoms with Crippen LogP contribution < -0.4 is 20.9 Å². The van der Waals surface area contributed by atoms with Crippen molar-refractivity contribution in [2.24, 2.45) is 5.92 Å². The molecule has 3 rings (SSSR count). The molecular formula is C18H28N4O3. The van der Waals surface area contributed by atoms with E-state index >= 15 is 0 Å². The maximum Gasteiger partial charge on any atom is 0.300 e. The van der Waals surface area contributed by atoms with Crippen LogP contribution in [0.3, 0.4) is 0 Å². The summed E-state index contributed by atoms with van der Waals surface area (Å²) in [6.07, 6.45) is 1.87. The molecule has 138 valence electrons. The quantitative estimate of drug-likeness (QED) is 0.654. The number of nitrogens with zero attached hydrogens (tertiary/aromatic N) is 1. The summed E-state index contributed by atoms with van der Waals surface area (Å²) in [5, 5.41) is 17.1. The molecule has 0 aliphatic carbocycles. The fourth-order valence-corrected chi connectivity index (χ4v) is 3.01. The van der Waals surface area contributed by atoms with Crippen molar-refractivity contribution in [3.05, 3.63) is 24.3 Å². The number of benzene rings is 1. The molecule has 4 N–H and O–H groups in total. The predicted octanol–water partition coefficient (Wildman–Crippen LogP) is 1.13. The first-order valence-electron chi connectivity index (χ1n) is 8.83. The zero-order valence-corrected chi connectivity index (χ0v) is 14.8. The van der Waals surface area contributed by atoms with Gasteiger partial charge < -0.3 is 26.0 Å². The normalized spacial score (nSPS) is 18.0. The van der Waals surface area contributed by atoms with Crippen LogP contribution >= 0.6 is 0 Å². The molecule has 1 amide bonds. The number of rotatable bonds is 3. The molecule has 0 aromatic heterocycles. The molecule has 0 spiro atoms. The molecule has 7 heteroatoms. The van der Waals surface area contributed by atoms with E-state index in [1.54, 1.807) is 0 Å². The van der Waals surface area contributed by atoms with Gasteiger partial charge in [-0.1, -0.05) is 0 Å². The fourth-order valence-electron chi connectivity index (χ4n) is 3.01. The summed E-state index contributed by atoms with van der Waals surface area (Å²) in [4.78, 5) is 23.6. The van der Waals surface area contributed by atoms with E-state index in [4.69, 9.17) is 9.90 Å². The van der Waals surface area contributed by atoms with E-state index in [1.165, 1.54) is 5.69 Å². The summed E-state index contributed by atoms with van der Waals surface area (Å²) in [5.74, 6) is -0.523. The Labute approximate surface area is 148 Å². The highest BCUT2D eigenvalue weighted by atomic mass is 16.4. The Morgan fingerprint density at radius 3 is 2.12 bits per heavy atom. The topological polar surface area (TPSA) is 93.7 Å². The zero-order valence-electron chi connectivity index (χ0n) is 14.8. The van der Waals surface area contributed by atoms with E-state index in [-0.39, 0.29) is 11.8 Å². The Balaban J connectivity index is 0.000000511. The van der Waals surface area contributed by atoms with Crippen LogP contribution in [0.25, 0.3) is 0 Å². The molecule has 1 aromatic carbocycles. The Bertz CT molecular complexity index is 546. The number of amides is 1. The van der Waals surface area contributed by atoms with Crippen molar-refractivity contribution >= 4 is 23.3 Å². The smallest absolute Gasteiger partial charge is 0.300 e. The monoisotopic (exact) mass is 348 g/mol. The average molecular weight is 348 g/mol. The molecule has 25 heavy (non-hydrogen) atoms. The minimum Gasteiger partial charge on any atom is -0.481 e. The standard InChI is InChI=1S/C16H24N4O.C2H4O2/c21-16(13-5-7-17-8-6-13)19-14-1-3-15(4-2-14)20-11-9-18-10-12-20;1-2(3)4/h1-4,13,17-18H,5-12H2,(H,19,21);1H3,(H,3,4). The average Bonchev–Trinajstić information content (AvgIpc) is 2.63. The van der Waals surface area contributed by atoms with Crippen LogP contribution in [0.1, 0.15) is 19.8 Å². The van der Waals surface area contributed by atoms with E-state index in [0.717, 1.165) is 64.7 Å². The van der Waals surface area contributed by atoms with Crippen molar-refractivity contribution in [3.63, 3.8) is 0 Å². The molecule has 2 heterocycles. The minimum atomic E-state index is -0.833. The van der Waals surface area contributed by atoms with Gasteiger partial charge in [-0.05, 0) is 50.2 Å². The van der Waals surface area contributed by atoms with Crippen LogP contribution in [-0.4, -0.2) is 56.3 Å². The van der Waals surface area contributed by atoms with Gasteiger partial charge in [-0.15, -0.1) is 0 Å². The third-order valence-electron chi connectivity index (χ3n) is 4.33. The highest BCUT2D eigenvalue weighted by Crippen LogP contribution is 2.20. The van der Waals surface area contributed by atoms with E-state index in [9.17, 15) is 4.79 Å². The van der Waals surface area contributed by atoms with Crippen molar-refractivity contribution in [3.8, 4) is 0 Å². The van der Waals surface area contributed by atoms with Gasteiger partial charge in [0.05, 0.1) is 0 Å². The van der Waals surface area contributed by atoms with Gasteiger partial charge in [0.1, 0.15) is 0 Å². The molecule has 2 aliphatic heterocycles. The van der Waals surface area contributed by atoms with Crippen LogP contribution in [0.4, 0.5) is 11.4 Å². The molecule has 2 aliphatic rings. The maximum absolute atomic E-state index is 12.2. The lowest BCUT2D eigenvalue weighted by atomic mass is 9.97. The zero-order chi connectivity index (χ0) is 18.1. The highest BCUT2D eigenvalue weighted by Gasteiger charge is 2.20. The van der Waals surface area contributed by atoms with Gasteiger partial charge in [-0.2, -0.15) is 0 Å². The summed E-state index contributed by atoms with van der Waals surface area (Å²) in [6.45, 7) is 7.13. The minimum absolute atomic E-state index is 0.152. The van der Waals surface area contributed by atoms with Crippen molar-refractivity contribution in [1.82, 2.24) is 10.6 Å². The molecule has 0 bridgehead atoms. The van der Waals surface area contributed by atoms with E-state index in [0.29, 0.717) is 0 Å². The lowest BCUT2D eigenvalue weighted by molar-refractivity contribution is -0.134. The van der Waals surface area contributed by atoms with E-state index in [1.807, 2.05) is 12.1 Å². The first-order chi connectivity index (χ1) is 12.1. The molecular weight excluding hydrogens is 320 g/mol. The molecule has 2 saturated heterocycles. The van der Waals surface area contributed by atoms with Crippen LogP contribution in [0.15, 0.2) is 24.3 Å². The molecule has 0 atom stereocenters. The number of carboxylic acids is 1. The second-order valence-corrected chi connectivity index (χ2v) is 6.32. The van der Waals surface area contributed by atoms with Crippen LogP contribution in [0.2, 0.25) is 0 Å². The Morgan fingerprint density at radius 1 is 1.04 bits per heavy atom. The van der Waals surface area contributed by atoms with Gasteiger partial charge in [0, 0.05) is 50.4 Å². The van der Waals surface area contributed by atoms with Crippen LogP contribution in [0.5, 0.6) is 0 Å². The first kappa shape index (κ1) is 19.2. The molecule has 0 radical (unpaired) electrons. The molecule has 2 fully saturated rings. The van der Waals surface area contributed by atoms with Gasteiger partial charge in [0.2, 0.25) is 5.91 Å². The summed E-state index contributed by atoms with van der Waals surface area (Å²) < 4.78 is 0. The number of nitrogens with one attached hydrogen (secondary N) is 3. The number of hydrogen-bond acceptors (Lipinski definition) is 5. The molecule has 1 aromatic rings. The fraction of sp³-hybridized carbons (Fsp3) is 0.556. The van der Waals surface area contributed by atoms with Crippen molar-refractivity contribution < 1.29 is 14.7 Å². The number of aliphatic carboxylic acids is 1. The largest absolute Gasteiger partial charge is 0.481 e. The first-order valence-corrected chi connectivity index (χ1v) is 8.83. The number of piperidine rings is 1. The molecule has 7 nitrogen and oxygen atoms in total. The summed E-state index contributed by atoms with van der Waals surface area (Å²) in [5.41, 5.74) is 2.13. The van der Waals surface area contributed by atoms with Crippen molar-refractivity contribution in [2.45, 2.75) is 19.8 Å². The molecule has 0 saturated carbocycles. The van der Waals surface area contributed by atoms with Crippen molar-refractivity contribution in [1.29, 1.82) is 0 Å². The van der Waals surface area contributed by atoms with Gasteiger partial charge >= 0.3 is 0 Å². The van der Waals surface area contributed by atoms with E-state index < -0.39 is 5.97 Å². The number of anilines is 2. The summed E-state index contributed by atoms with van der Waals surface area (Å²) in [6, 6.07) is 8.22. The van der Waals surface area contributed by atoms with Crippen LogP contribution in [0, 0.1) is 5.92 Å².